The van der Waals surface area contributed by atoms with Crippen molar-refractivity contribution in [3.63, 3.8) is 0 Å². The van der Waals surface area contributed by atoms with Crippen LogP contribution in [0.1, 0.15) is 0 Å². The maximum absolute atomic E-state index is 12.5. The number of hydrogen-bond donors (Lipinski definition) is 3. The molecule has 3 aromatic rings. The number of nitrogen functional groups attached to an aromatic ring is 1. The van der Waals surface area contributed by atoms with Crippen LogP contribution in [0, 0.1) is 0 Å². The van der Waals surface area contributed by atoms with E-state index in [-0.39, 0.29) is 15.7 Å². The van der Waals surface area contributed by atoms with Gasteiger partial charge in [0.2, 0.25) is 0 Å². The SMILES string of the molecule is Nc1ccc2[nH]cc(S(=O)(=O)Nc3cccnc3Cl)c2c1. The van der Waals surface area contributed by atoms with Gasteiger partial charge in [-0.3, -0.25) is 4.72 Å². The molecule has 3 rings (SSSR count). The van der Waals surface area contributed by atoms with Crippen LogP contribution in [0.4, 0.5) is 11.4 Å². The molecule has 0 radical (unpaired) electrons. The Morgan fingerprint density at radius 1 is 1.29 bits per heavy atom. The number of nitrogens with two attached hydrogens (primary N) is 1. The van der Waals surface area contributed by atoms with E-state index in [1.807, 2.05) is 0 Å². The van der Waals surface area contributed by atoms with Gasteiger partial charge in [0.15, 0.2) is 5.15 Å². The van der Waals surface area contributed by atoms with Gasteiger partial charge in [-0.15, -0.1) is 0 Å². The number of anilines is 2. The van der Waals surface area contributed by atoms with Crippen molar-refractivity contribution >= 4 is 43.9 Å². The molecule has 0 atom stereocenters. The molecule has 2 heterocycles. The molecule has 0 spiro atoms. The first-order valence-corrected chi connectivity index (χ1v) is 7.83. The standard InChI is InChI=1S/C13H11ClN4O2S/c14-13-11(2-1-5-16-13)18-21(19,20)12-7-17-10-4-3-8(15)6-9(10)12/h1-7,17-18H,15H2. The Balaban J connectivity index is 2.09. The van der Waals surface area contributed by atoms with Crippen LogP contribution in [-0.4, -0.2) is 18.4 Å². The fourth-order valence-corrected chi connectivity index (χ4v) is 3.46. The second-order valence-electron chi connectivity index (χ2n) is 4.41. The molecule has 0 amide bonds. The number of pyridine rings is 1. The summed E-state index contributed by atoms with van der Waals surface area (Å²) >= 11 is 5.87. The lowest BCUT2D eigenvalue weighted by atomic mass is 10.2. The lowest BCUT2D eigenvalue weighted by Gasteiger charge is -2.08. The molecule has 0 saturated heterocycles. The summed E-state index contributed by atoms with van der Waals surface area (Å²) < 4.78 is 27.4. The van der Waals surface area contributed by atoms with E-state index in [0.717, 1.165) is 0 Å². The van der Waals surface area contributed by atoms with Gasteiger partial charge in [-0.05, 0) is 30.3 Å². The van der Waals surface area contributed by atoms with Crippen LogP contribution in [0.3, 0.4) is 0 Å². The highest BCUT2D eigenvalue weighted by atomic mass is 35.5. The minimum Gasteiger partial charge on any atom is -0.399 e. The van der Waals surface area contributed by atoms with Gasteiger partial charge in [0.1, 0.15) is 4.90 Å². The average molecular weight is 323 g/mol. The van der Waals surface area contributed by atoms with Crippen molar-refractivity contribution in [1.82, 2.24) is 9.97 Å². The fourth-order valence-electron chi connectivity index (χ4n) is 2.00. The third kappa shape index (κ3) is 2.53. The molecule has 0 saturated carbocycles. The molecule has 0 fully saturated rings. The molecule has 6 nitrogen and oxygen atoms in total. The number of benzene rings is 1. The first kappa shape index (κ1) is 13.7. The maximum atomic E-state index is 12.5. The lowest BCUT2D eigenvalue weighted by Crippen LogP contribution is -2.13. The fraction of sp³-hybridized carbons (Fsp3) is 0. The number of fused-ring (bicyclic) bond motifs is 1. The molecule has 0 aliphatic rings. The van der Waals surface area contributed by atoms with Crippen LogP contribution in [-0.2, 0) is 10.0 Å². The summed E-state index contributed by atoms with van der Waals surface area (Å²) in [5.41, 5.74) is 7.10. The topological polar surface area (TPSA) is 101 Å². The van der Waals surface area contributed by atoms with Crippen LogP contribution in [0.5, 0.6) is 0 Å². The Hall–Kier alpha value is -2.25. The summed E-state index contributed by atoms with van der Waals surface area (Å²) in [6, 6.07) is 8.15. The molecule has 4 N–H and O–H groups in total. The van der Waals surface area contributed by atoms with E-state index in [9.17, 15) is 8.42 Å². The molecule has 0 unspecified atom stereocenters. The van der Waals surface area contributed by atoms with Gasteiger partial charge >= 0.3 is 0 Å². The molecule has 8 heteroatoms. The molecule has 21 heavy (non-hydrogen) atoms. The van der Waals surface area contributed by atoms with Gasteiger partial charge in [-0.1, -0.05) is 11.6 Å². The predicted molar refractivity (Wildman–Crippen MR) is 82.8 cm³/mol. The van der Waals surface area contributed by atoms with E-state index < -0.39 is 10.0 Å². The summed E-state index contributed by atoms with van der Waals surface area (Å²) in [5, 5.41) is 0.600. The lowest BCUT2D eigenvalue weighted by molar-refractivity contribution is 0.602. The maximum Gasteiger partial charge on any atom is 0.264 e. The largest absolute Gasteiger partial charge is 0.399 e. The average Bonchev–Trinajstić information content (AvgIpc) is 2.85. The molecule has 108 valence electrons. The number of nitrogens with zero attached hydrogens (tertiary/aromatic N) is 1. The van der Waals surface area contributed by atoms with Crippen LogP contribution in [0.25, 0.3) is 10.9 Å². The first-order valence-electron chi connectivity index (χ1n) is 5.97. The third-order valence-corrected chi connectivity index (χ3v) is 4.67. The number of nitrogens with one attached hydrogen (secondary N) is 2. The summed E-state index contributed by atoms with van der Waals surface area (Å²) in [6.45, 7) is 0. The number of H-pyrrole nitrogens is 1. The Morgan fingerprint density at radius 3 is 2.86 bits per heavy atom. The van der Waals surface area contributed by atoms with Crippen LogP contribution in [0.2, 0.25) is 5.15 Å². The zero-order valence-electron chi connectivity index (χ0n) is 10.7. The number of hydrogen-bond acceptors (Lipinski definition) is 4. The highest BCUT2D eigenvalue weighted by Gasteiger charge is 2.20. The Morgan fingerprint density at radius 2 is 2.10 bits per heavy atom. The number of halogens is 1. The monoisotopic (exact) mass is 322 g/mol. The second kappa shape index (κ2) is 4.94. The van der Waals surface area contributed by atoms with E-state index in [1.165, 1.54) is 18.5 Å². The van der Waals surface area contributed by atoms with E-state index >= 15 is 0 Å². The minimum absolute atomic E-state index is 0.0837. The summed E-state index contributed by atoms with van der Waals surface area (Å²) in [5.74, 6) is 0. The van der Waals surface area contributed by atoms with Crippen molar-refractivity contribution in [2.75, 3.05) is 10.5 Å². The molecule has 0 bridgehead atoms. The Kier molecular flexibility index (Phi) is 3.23. The van der Waals surface area contributed by atoms with Gasteiger partial charge in [0, 0.05) is 29.0 Å². The number of rotatable bonds is 3. The first-order chi connectivity index (χ1) is 9.97. The minimum atomic E-state index is -3.80. The van der Waals surface area contributed by atoms with Crippen molar-refractivity contribution in [3.05, 3.63) is 47.9 Å². The Bertz CT molecular complexity index is 921. The number of sulfonamides is 1. The van der Waals surface area contributed by atoms with E-state index in [1.54, 1.807) is 24.3 Å². The van der Waals surface area contributed by atoms with Gasteiger partial charge in [-0.2, -0.15) is 0 Å². The van der Waals surface area contributed by atoms with Gasteiger partial charge in [-0.25, -0.2) is 13.4 Å². The number of aromatic nitrogens is 2. The third-order valence-electron chi connectivity index (χ3n) is 2.96. The second-order valence-corrected chi connectivity index (χ2v) is 6.41. The molecular formula is C13H11ClN4O2S. The zero-order valence-corrected chi connectivity index (χ0v) is 12.2. The molecule has 2 aromatic heterocycles. The highest BCUT2D eigenvalue weighted by molar-refractivity contribution is 7.93. The van der Waals surface area contributed by atoms with Crippen molar-refractivity contribution in [3.8, 4) is 0 Å². The number of aromatic amines is 1. The van der Waals surface area contributed by atoms with Crippen molar-refractivity contribution in [1.29, 1.82) is 0 Å². The zero-order chi connectivity index (χ0) is 15.0. The van der Waals surface area contributed by atoms with Crippen molar-refractivity contribution in [2.45, 2.75) is 4.90 Å². The van der Waals surface area contributed by atoms with Crippen LogP contribution >= 0.6 is 11.6 Å². The van der Waals surface area contributed by atoms with E-state index in [2.05, 4.69) is 14.7 Å². The summed E-state index contributed by atoms with van der Waals surface area (Å²) in [7, 11) is -3.80. The smallest absolute Gasteiger partial charge is 0.264 e. The van der Waals surface area contributed by atoms with Crippen LogP contribution < -0.4 is 10.5 Å². The van der Waals surface area contributed by atoms with Crippen molar-refractivity contribution in [2.24, 2.45) is 0 Å². The van der Waals surface area contributed by atoms with Crippen molar-refractivity contribution < 1.29 is 8.42 Å². The highest BCUT2D eigenvalue weighted by Crippen LogP contribution is 2.28. The summed E-state index contributed by atoms with van der Waals surface area (Å²) in [4.78, 5) is 6.83. The molecule has 1 aromatic carbocycles. The van der Waals surface area contributed by atoms with E-state index in [0.29, 0.717) is 16.6 Å². The van der Waals surface area contributed by atoms with Gasteiger partial charge < -0.3 is 10.7 Å². The van der Waals surface area contributed by atoms with E-state index in [4.69, 9.17) is 17.3 Å². The van der Waals surface area contributed by atoms with Crippen LogP contribution in [0.15, 0.2) is 47.6 Å². The Labute approximate surface area is 126 Å². The quantitative estimate of drug-likeness (QED) is 0.509. The molecule has 0 aliphatic carbocycles. The molecule has 0 aliphatic heterocycles. The summed E-state index contributed by atoms with van der Waals surface area (Å²) in [6.07, 6.45) is 2.89. The normalized spacial score (nSPS) is 11.7. The predicted octanol–water partition coefficient (Wildman–Crippen LogP) is 2.60. The van der Waals surface area contributed by atoms with Gasteiger partial charge in [0.05, 0.1) is 5.69 Å². The molecular weight excluding hydrogens is 312 g/mol. The van der Waals surface area contributed by atoms with Gasteiger partial charge in [0.25, 0.3) is 10.0 Å².